The Morgan fingerprint density at radius 2 is 1.87 bits per heavy atom. The zero-order chi connectivity index (χ0) is 16.4. The summed E-state index contributed by atoms with van der Waals surface area (Å²) in [5.74, 6) is 0.347. The van der Waals surface area contributed by atoms with Crippen molar-refractivity contribution in [2.45, 2.75) is 45.5 Å². The molecule has 2 aliphatic rings. The third-order valence-corrected chi connectivity index (χ3v) is 4.63. The Balaban J connectivity index is 1.57. The molecule has 0 bridgehead atoms. The van der Waals surface area contributed by atoms with Crippen molar-refractivity contribution in [2.24, 2.45) is 0 Å². The zero-order valence-corrected chi connectivity index (χ0v) is 14.1. The van der Waals surface area contributed by atoms with Crippen LogP contribution in [-0.4, -0.2) is 49.0 Å². The first-order chi connectivity index (χ1) is 11.0. The highest BCUT2D eigenvalue weighted by Gasteiger charge is 2.41. The number of carbonyl (C=O) groups excluding carboxylic acids is 1. The summed E-state index contributed by atoms with van der Waals surface area (Å²) >= 11 is 0. The summed E-state index contributed by atoms with van der Waals surface area (Å²) in [6, 6.07) is 5.99. The summed E-state index contributed by atoms with van der Waals surface area (Å²) < 4.78 is 17.3. The maximum Gasteiger partial charge on any atom is 0.263 e. The van der Waals surface area contributed by atoms with Crippen molar-refractivity contribution in [1.82, 2.24) is 4.90 Å². The SMILES string of the molecule is Cc1ccc(O[C@@H](C)C(=O)N2CCC3(CC2)OCCO3)c(C)c1. The van der Waals surface area contributed by atoms with Crippen LogP contribution in [0.2, 0.25) is 0 Å². The molecular formula is C18H25NO4. The van der Waals surface area contributed by atoms with Crippen molar-refractivity contribution in [3.63, 3.8) is 0 Å². The van der Waals surface area contributed by atoms with E-state index in [-0.39, 0.29) is 5.91 Å². The monoisotopic (exact) mass is 319 g/mol. The van der Waals surface area contributed by atoms with Gasteiger partial charge in [-0.25, -0.2) is 0 Å². The second kappa shape index (κ2) is 6.49. The highest BCUT2D eigenvalue weighted by atomic mass is 16.7. The van der Waals surface area contributed by atoms with Crippen molar-refractivity contribution < 1.29 is 19.0 Å². The Labute approximate surface area is 137 Å². The van der Waals surface area contributed by atoms with Crippen molar-refractivity contribution in [3.8, 4) is 5.75 Å². The molecule has 5 heteroatoms. The van der Waals surface area contributed by atoms with Crippen LogP contribution in [0.4, 0.5) is 0 Å². The van der Waals surface area contributed by atoms with Crippen molar-refractivity contribution in [2.75, 3.05) is 26.3 Å². The lowest BCUT2D eigenvalue weighted by Crippen LogP contribution is -2.50. The Kier molecular flexibility index (Phi) is 4.60. The zero-order valence-electron chi connectivity index (χ0n) is 14.1. The lowest BCUT2D eigenvalue weighted by atomic mass is 10.0. The van der Waals surface area contributed by atoms with E-state index < -0.39 is 11.9 Å². The Morgan fingerprint density at radius 1 is 1.22 bits per heavy atom. The molecule has 3 rings (SSSR count). The molecule has 0 N–H and O–H groups in total. The number of rotatable bonds is 3. The van der Waals surface area contributed by atoms with E-state index in [1.807, 2.05) is 37.8 Å². The second-order valence-electron chi connectivity index (χ2n) is 6.46. The molecule has 126 valence electrons. The van der Waals surface area contributed by atoms with Crippen LogP contribution in [0.1, 0.15) is 30.9 Å². The Bertz CT molecular complexity index is 570. The van der Waals surface area contributed by atoms with Gasteiger partial charge in [-0.15, -0.1) is 0 Å². The van der Waals surface area contributed by atoms with Gasteiger partial charge in [-0.2, -0.15) is 0 Å². The van der Waals surface area contributed by atoms with Gasteiger partial charge in [0.25, 0.3) is 5.91 Å². The maximum atomic E-state index is 12.6. The normalized spacial score (nSPS) is 21.4. The van der Waals surface area contributed by atoms with Crippen molar-refractivity contribution >= 4 is 5.91 Å². The van der Waals surface area contributed by atoms with Crippen molar-refractivity contribution in [1.29, 1.82) is 0 Å². The number of carbonyl (C=O) groups is 1. The first-order valence-electron chi connectivity index (χ1n) is 8.30. The molecule has 2 saturated heterocycles. The third kappa shape index (κ3) is 3.51. The number of hydrogen-bond acceptors (Lipinski definition) is 4. The quantitative estimate of drug-likeness (QED) is 0.858. The van der Waals surface area contributed by atoms with E-state index in [4.69, 9.17) is 14.2 Å². The van der Waals surface area contributed by atoms with Gasteiger partial charge in [0.05, 0.1) is 13.2 Å². The molecule has 0 radical (unpaired) electrons. The second-order valence-corrected chi connectivity index (χ2v) is 6.46. The van der Waals surface area contributed by atoms with Crippen LogP contribution in [0, 0.1) is 13.8 Å². The predicted octanol–water partition coefficient (Wildman–Crippen LogP) is 2.44. The average molecular weight is 319 g/mol. The summed E-state index contributed by atoms with van der Waals surface area (Å²) in [5, 5.41) is 0. The van der Waals surface area contributed by atoms with Crippen molar-refractivity contribution in [3.05, 3.63) is 29.3 Å². The number of likely N-dealkylation sites (tertiary alicyclic amines) is 1. The van der Waals surface area contributed by atoms with Gasteiger partial charge in [-0.05, 0) is 32.4 Å². The molecule has 1 spiro atoms. The molecule has 1 aromatic carbocycles. The summed E-state index contributed by atoms with van der Waals surface area (Å²) in [5.41, 5.74) is 2.24. The van der Waals surface area contributed by atoms with Crippen LogP contribution in [-0.2, 0) is 14.3 Å². The molecular weight excluding hydrogens is 294 g/mol. The molecule has 0 aliphatic carbocycles. The van der Waals surface area contributed by atoms with E-state index in [1.54, 1.807) is 0 Å². The molecule has 5 nitrogen and oxygen atoms in total. The fraction of sp³-hybridized carbons (Fsp3) is 0.611. The predicted molar refractivity (Wildman–Crippen MR) is 86.5 cm³/mol. The number of ether oxygens (including phenoxy) is 3. The summed E-state index contributed by atoms with van der Waals surface area (Å²) in [6.45, 7) is 8.47. The highest BCUT2D eigenvalue weighted by molar-refractivity contribution is 5.81. The van der Waals surface area contributed by atoms with Gasteiger partial charge in [0, 0.05) is 25.9 Å². The third-order valence-electron chi connectivity index (χ3n) is 4.63. The van der Waals surface area contributed by atoms with Crippen LogP contribution in [0.25, 0.3) is 0 Å². The molecule has 2 heterocycles. The first kappa shape index (κ1) is 16.3. The minimum absolute atomic E-state index is 0.0258. The van der Waals surface area contributed by atoms with Crippen LogP contribution in [0.3, 0.4) is 0 Å². The van der Waals surface area contributed by atoms with Gasteiger partial charge < -0.3 is 19.1 Å². The van der Waals surface area contributed by atoms with E-state index in [9.17, 15) is 4.79 Å². The lowest BCUT2D eigenvalue weighted by Gasteiger charge is -2.38. The summed E-state index contributed by atoms with van der Waals surface area (Å²) in [7, 11) is 0. The smallest absolute Gasteiger partial charge is 0.263 e. The first-order valence-corrected chi connectivity index (χ1v) is 8.30. The van der Waals surface area contributed by atoms with E-state index in [0.29, 0.717) is 26.3 Å². The number of piperidine rings is 1. The molecule has 1 amide bonds. The van der Waals surface area contributed by atoms with Gasteiger partial charge >= 0.3 is 0 Å². The summed E-state index contributed by atoms with van der Waals surface area (Å²) in [4.78, 5) is 14.5. The van der Waals surface area contributed by atoms with E-state index >= 15 is 0 Å². The fourth-order valence-electron chi connectivity index (χ4n) is 3.28. The number of aryl methyl sites for hydroxylation is 2. The minimum atomic E-state index is -0.490. The molecule has 2 aliphatic heterocycles. The molecule has 23 heavy (non-hydrogen) atoms. The average Bonchev–Trinajstić information content (AvgIpc) is 2.98. The van der Waals surface area contributed by atoms with E-state index in [1.165, 1.54) is 5.56 Å². The molecule has 2 fully saturated rings. The topological polar surface area (TPSA) is 48.0 Å². The largest absolute Gasteiger partial charge is 0.481 e. The van der Waals surface area contributed by atoms with Crippen LogP contribution in [0.15, 0.2) is 18.2 Å². The molecule has 1 atom stereocenters. The van der Waals surface area contributed by atoms with Crippen LogP contribution >= 0.6 is 0 Å². The molecule has 0 aromatic heterocycles. The molecule has 0 saturated carbocycles. The van der Waals surface area contributed by atoms with Crippen LogP contribution in [0.5, 0.6) is 5.75 Å². The highest BCUT2D eigenvalue weighted by Crippen LogP contribution is 2.31. The molecule has 1 aromatic rings. The van der Waals surface area contributed by atoms with Gasteiger partial charge in [-0.3, -0.25) is 4.79 Å². The Morgan fingerprint density at radius 3 is 2.48 bits per heavy atom. The van der Waals surface area contributed by atoms with Gasteiger partial charge in [0.15, 0.2) is 11.9 Å². The molecule has 0 unspecified atom stereocenters. The fourth-order valence-corrected chi connectivity index (χ4v) is 3.28. The minimum Gasteiger partial charge on any atom is -0.481 e. The standard InChI is InChI=1S/C18H25NO4/c1-13-4-5-16(14(2)12-13)23-15(3)17(20)19-8-6-18(7-9-19)21-10-11-22-18/h4-5,12,15H,6-11H2,1-3H3/t15-/m0/s1. The van der Waals surface area contributed by atoms with Gasteiger partial charge in [0.1, 0.15) is 5.75 Å². The van der Waals surface area contributed by atoms with Gasteiger partial charge in [-0.1, -0.05) is 17.7 Å². The number of nitrogens with zero attached hydrogens (tertiary/aromatic N) is 1. The van der Waals surface area contributed by atoms with Gasteiger partial charge in [0.2, 0.25) is 0 Å². The number of hydrogen-bond donors (Lipinski definition) is 0. The summed E-state index contributed by atoms with van der Waals surface area (Å²) in [6.07, 6.45) is 0.972. The Hall–Kier alpha value is -1.59. The number of benzene rings is 1. The van der Waals surface area contributed by atoms with Crippen LogP contribution < -0.4 is 4.74 Å². The maximum absolute atomic E-state index is 12.6. The van der Waals surface area contributed by atoms with E-state index in [2.05, 4.69) is 6.07 Å². The number of amides is 1. The lowest BCUT2D eigenvalue weighted by molar-refractivity contribution is -0.188. The van der Waals surface area contributed by atoms with E-state index in [0.717, 1.165) is 24.2 Å².